The Morgan fingerprint density at radius 2 is 2.50 bits per heavy atom. The van der Waals surface area contributed by atoms with Gasteiger partial charge < -0.3 is 9.30 Å². The van der Waals surface area contributed by atoms with Gasteiger partial charge in [-0.1, -0.05) is 0 Å². The number of aromatic nitrogens is 2. The lowest BCUT2D eigenvalue weighted by molar-refractivity contribution is 0.0583. The van der Waals surface area contributed by atoms with Crippen molar-refractivity contribution in [2.45, 2.75) is 0 Å². The highest BCUT2D eigenvalue weighted by Crippen LogP contribution is 2.08. The van der Waals surface area contributed by atoms with Crippen LogP contribution in [0.3, 0.4) is 0 Å². The first-order valence-electron chi connectivity index (χ1n) is 3.17. The molecule has 1 rings (SSSR count). The molecule has 0 unspecified atom stereocenters. The Labute approximate surface area is 74.4 Å². The Kier molecular flexibility index (Phi) is 2.54. The molecule has 0 saturated heterocycles. The highest BCUT2D eigenvalue weighted by atomic mass is 35.5. The third-order valence-electron chi connectivity index (χ3n) is 1.34. The normalized spacial score (nSPS) is 9.58. The molecule has 0 aliphatic rings. The van der Waals surface area contributed by atoms with E-state index in [1.54, 1.807) is 13.2 Å². The molecule has 1 heterocycles. The summed E-state index contributed by atoms with van der Waals surface area (Å²) in [6.07, 6.45) is 1.58. The minimum atomic E-state index is -0.490. The molecule has 12 heavy (non-hydrogen) atoms. The minimum absolute atomic E-state index is 0.209. The van der Waals surface area contributed by atoms with Gasteiger partial charge in [0.2, 0.25) is 5.82 Å². The SMILES string of the molecule is COC(=O)c1nc(NCl)cn1C. The van der Waals surface area contributed by atoms with E-state index in [1.165, 1.54) is 11.7 Å². The van der Waals surface area contributed by atoms with E-state index in [0.29, 0.717) is 5.82 Å². The molecule has 0 aliphatic heterocycles. The number of nitrogens with one attached hydrogen (secondary N) is 1. The van der Waals surface area contributed by atoms with Crippen molar-refractivity contribution in [1.29, 1.82) is 0 Å². The molecule has 0 spiro atoms. The predicted molar refractivity (Wildman–Crippen MR) is 44.0 cm³/mol. The van der Waals surface area contributed by atoms with Gasteiger partial charge in [-0.3, -0.25) is 4.84 Å². The Bertz CT molecular complexity index is 297. The largest absolute Gasteiger partial charge is 0.463 e. The molecule has 1 aromatic heterocycles. The summed E-state index contributed by atoms with van der Waals surface area (Å²) < 4.78 is 6.01. The van der Waals surface area contributed by atoms with Crippen LogP contribution >= 0.6 is 11.8 Å². The number of ether oxygens (including phenoxy) is 1. The summed E-state index contributed by atoms with van der Waals surface area (Å²) in [6, 6.07) is 0. The van der Waals surface area contributed by atoms with Crippen molar-refractivity contribution in [3.63, 3.8) is 0 Å². The standard InChI is InChI=1S/C6H8ClN3O2/c1-10-3-4(9-7)8-5(10)6(11)12-2/h3,9H,1-2H3. The van der Waals surface area contributed by atoms with E-state index >= 15 is 0 Å². The molecule has 6 heteroatoms. The van der Waals surface area contributed by atoms with Crippen molar-refractivity contribution >= 4 is 23.6 Å². The maximum Gasteiger partial charge on any atom is 0.374 e. The summed E-state index contributed by atoms with van der Waals surface area (Å²) >= 11 is 5.28. The molecule has 0 fully saturated rings. The van der Waals surface area contributed by atoms with E-state index in [9.17, 15) is 4.79 Å². The number of carbonyl (C=O) groups excluding carboxylic acids is 1. The van der Waals surface area contributed by atoms with E-state index in [2.05, 4.69) is 14.6 Å². The Hall–Kier alpha value is -1.23. The van der Waals surface area contributed by atoms with Gasteiger partial charge in [-0.05, 0) is 0 Å². The van der Waals surface area contributed by atoms with E-state index in [4.69, 9.17) is 11.8 Å². The molecular weight excluding hydrogens is 182 g/mol. The van der Waals surface area contributed by atoms with E-state index < -0.39 is 5.97 Å². The first-order chi connectivity index (χ1) is 5.69. The van der Waals surface area contributed by atoms with Gasteiger partial charge in [-0.2, -0.15) is 0 Å². The molecule has 0 aliphatic carbocycles. The number of nitrogens with zero attached hydrogens (tertiary/aromatic N) is 2. The summed E-state index contributed by atoms with van der Waals surface area (Å²) in [5.41, 5.74) is 0. The minimum Gasteiger partial charge on any atom is -0.463 e. The first-order valence-corrected chi connectivity index (χ1v) is 3.55. The van der Waals surface area contributed by atoms with Crippen LogP contribution in [0.15, 0.2) is 6.20 Å². The Balaban J connectivity index is 2.99. The van der Waals surface area contributed by atoms with Crippen LogP contribution in [0.25, 0.3) is 0 Å². The second kappa shape index (κ2) is 3.44. The maximum absolute atomic E-state index is 11.0. The smallest absolute Gasteiger partial charge is 0.374 e. The van der Waals surface area contributed by atoms with Crippen molar-refractivity contribution in [3.05, 3.63) is 12.0 Å². The van der Waals surface area contributed by atoms with Gasteiger partial charge in [0.1, 0.15) is 0 Å². The van der Waals surface area contributed by atoms with Crippen molar-refractivity contribution in [3.8, 4) is 0 Å². The molecule has 5 nitrogen and oxygen atoms in total. The zero-order chi connectivity index (χ0) is 9.14. The second-order valence-corrected chi connectivity index (χ2v) is 2.34. The summed E-state index contributed by atoms with van der Waals surface area (Å²) in [5.74, 6) is 0.135. The molecule has 0 atom stereocenters. The Morgan fingerprint density at radius 1 is 1.83 bits per heavy atom. The number of anilines is 1. The fourth-order valence-electron chi connectivity index (χ4n) is 0.793. The van der Waals surface area contributed by atoms with Crippen molar-refractivity contribution in [1.82, 2.24) is 9.55 Å². The van der Waals surface area contributed by atoms with Gasteiger partial charge in [-0.25, -0.2) is 9.78 Å². The van der Waals surface area contributed by atoms with Crippen LogP contribution < -0.4 is 4.84 Å². The number of aryl methyl sites for hydroxylation is 1. The maximum atomic E-state index is 11.0. The summed E-state index contributed by atoms with van der Waals surface area (Å²) in [7, 11) is 2.97. The van der Waals surface area contributed by atoms with Gasteiger partial charge in [0.15, 0.2) is 5.82 Å². The summed E-state index contributed by atoms with van der Waals surface area (Å²) in [4.78, 5) is 17.1. The van der Waals surface area contributed by atoms with E-state index in [0.717, 1.165) is 0 Å². The van der Waals surface area contributed by atoms with Crippen LogP contribution in [0.1, 0.15) is 10.6 Å². The number of esters is 1. The average Bonchev–Trinajstić information content (AvgIpc) is 2.45. The number of imidazole rings is 1. The van der Waals surface area contributed by atoms with Crippen LogP contribution in [0.2, 0.25) is 0 Å². The van der Waals surface area contributed by atoms with Crippen LogP contribution in [0, 0.1) is 0 Å². The van der Waals surface area contributed by atoms with Gasteiger partial charge in [0.25, 0.3) is 0 Å². The zero-order valence-corrected chi connectivity index (χ0v) is 7.42. The van der Waals surface area contributed by atoms with Crippen molar-refractivity contribution in [2.75, 3.05) is 11.9 Å². The summed E-state index contributed by atoms with van der Waals surface area (Å²) in [6.45, 7) is 0. The molecule has 0 amide bonds. The van der Waals surface area contributed by atoms with Crippen molar-refractivity contribution < 1.29 is 9.53 Å². The van der Waals surface area contributed by atoms with Gasteiger partial charge in [0, 0.05) is 25.0 Å². The van der Waals surface area contributed by atoms with Crippen LogP contribution in [-0.2, 0) is 11.8 Å². The molecule has 1 aromatic rings. The second-order valence-electron chi connectivity index (χ2n) is 2.15. The number of hydrogen-bond acceptors (Lipinski definition) is 4. The van der Waals surface area contributed by atoms with Gasteiger partial charge in [0.05, 0.1) is 7.11 Å². The fraction of sp³-hybridized carbons (Fsp3) is 0.333. The predicted octanol–water partition coefficient (Wildman–Crippen LogP) is 0.772. The van der Waals surface area contributed by atoms with Crippen LogP contribution in [0.5, 0.6) is 0 Å². The fourth-order valence-corrected chi connectivity index (χ4v) is 0.884. The van der Waals surface area contributed by atoms with Gasteiger partial charge in [-0.15, -0.1) is 0 Å². The third-order valence-corrected chi connectivity index (χ3v) is 1.53. The number of methoxy groups -OCH3 is 1. The summed E-state index contributed by atoms with van der Waals surface area (Å²) in [5, 5.41) is 0. The van der Waals surface area contributed by atoms with Crippen LogP contribution in [-0.4, -0.2) is 22.6 Å². The lowest BCUT2D eigenvalue weighted by Crippen LogP contribution is -2.08. The average molecular weight is 190 g/mol. The number of rotatable bonds is 2. The number of carbonyl (C=O) groups is 1. The lowest BCUT2D eigenvalue weighted by Gasteiger charge is -1.96. The molecule has 0 saturated carbocycles. The molecule has 0 radical (unpaired) electrons. The van der Waals surface area contributed by atoms with Gasteiger partial charge >= 0.3 is 5.97 Å². The number of hydrogen-bond donors (Lipinski definition) is 1. The molecule has 1 N–H and O–H groups in total. The van der Waals surface area contributed by atoms with E-state index in [1.807, 2.05) is 0 Å². The first kappa shape index (κ1) is 8.86. The molecular formula is C6H8ClN3O2. The zero-order valence-electron chi connectivity index (χ0n) is 6.67. The highest BCUT2D eigenvalue weighted by Gasteiger charge is 2.13. The molecule has 0 aromatic carbocycles. The van der Waals surface area contributed by atoms with Crippen molar-refractivity contribution in [2.24, 2.45) is 7.05 Å². The molecule has 66 valence electrons. The van der Waals surface area contributed by atoms with Crippen LogP contribution in [0.4, 0.5) is 5.82 Å². The molecule has 0 bridgehead atoms. The third kappa shape index (κ3) is 1.50. The Morgan fingerprint density at radius 3 is 2.92 bits per heavy atom. The van der Waals surface area contributed by atoms with E-state index in [-0.39, 0.29) is 5.82 Å². The lowest BCUT2D eigenvalue weighted by atomic mass is 10.6. The highest BCUT2D eigenvalue weighted by molar-refractivity contribution is 6.23. The topological polar surface area (TPSA) is 56.1 Å². The number of halogens is 1. The quantitative estimate of drug-likeness (QED) is 0.552. The monoisotopic (exact) mass is 189 g/mol.